The van der Waals surface area contributed by atoms with Crippen LogP contribution in [0.3, 0.4) is 0 Å². The third-order valence-corrected chi connectivity index (χ3v) is 4.31. The number of hydrogen-bond donors (Lipinski definition) is 1. The van der Waals surface area contributed by atoms with Crippen LogP contribution in [0.25, 0.3) is 0 Å². The topological polar surface area (TPSA) is 42.4 Å². The molecule has 1 aliphatic carbocycles. The first-order chi connectivity index (χ1) is 9.13. The van der Waals surface area contributed by atoms with Gasteiger partial charge in [0.1, 0.15) is 11.9 Å². The summed E-state index contributed by atoms with van der Waals surface area (Å²) in [5, 5.41) is 11.5. The third kappa shape index (κ3) is 2.80. The van der Waals surface area contributed by atoms with Crippen molar-refractivity contribution in [3.8, 4) is 5.75 Å². The van der Waals surface area contributed by atoms with E-state index in [-0.39, 0.29) is 0 Å². The highest BCUT2D eigenvalue weighted by molar-refractivity contribution is 7.11. The van der Waals surface area contributed by atoms with Crippen LogP contribution in [-0.4, -0.2) is 16.2 Å². The van der Waals surface area contributed by atoms with E-state index in [2.05, 4.69) is 4.98 Å². The van der Waals surface area contributed by atoms with Gasteiger partial charge in [-0.1, -0.05) is 12.1 Å². The van der Waals surface area contributed by atoms with Crippen molar-refractivity contribution in [1.82, 2.24) is 4.98 Å². The second kappa shape index (κ2) is 4.94. The maximum atomic E-state index is 10.5. The molecule has 1 heterocycles. The van der Waals surface area contributed by atoms with Crippen molar-refractivity contribution in [2.45, 2.75) is 38.9 Å². The van der Waals surface area contributed by atoms with Gasteiger partial charge in [0, 0.05) is 0 Å². The van der Waals surface area contributed by atoms with E-state index >= 15 is 0 Å². The Morgan fingerprint density at radius 1 is 1.37 bits per heavy atom. The lowest BCUT2D eigenvalue weighted by Gasteiger charge is -2.12. The van der Waals surface area contributed by atoms with E-state index < -0.39 is 6.10 Å². The molecule has 0 saturated heterocycles. The lowest BCUT2D eigenvalue weighted by Crippen LogP contribution is -2.01. The van der Waals surface area contributed by atoms with Gasteiger partial charge in [0.25, 0.3) is 0 Å². The molecule has 100 valence electrons. The van der Waals surface area contributed by atoms with Crippen molar-refractivity contribution < 1.29 is 9.84 Å². The Bertz CT molecular complexity index is 590. The largest absolute Gasteiger partial charge is 0.490 e. The fraction of sp³-hybridized carbons (Fsp3) is 0.400. The number of nitrogens with zero attached hydrogens (tertiary/aromatic N) is 1. The number of thiazole rings is 1. The van der Waals surface area contributed by atoms with E-state index in [0.29, 0.717) is 6.10 Å². The number of hydrogen-bond acceptors (Lipinski definition) is 4. The van der Waals surface area contributed by atoms with Crippen molar-refractivity contribution in [3.63, 3.8) is 0 Å². The Kier molecular flexibility index (Phi) is 3.29. The molecule has 1 atom stereocenters. The van der Waals surface area contributed by atoms with Crippen molar-refractivity contribution in [1.29, 1.82) is 0 Å². The maximum absolute atomic E-state index is 10.5. The van der Waals surface area contributed by atoms with Gasteiger partial charge >= 0.3 is 0 Å². The van der Waals surface area contributed by atoms with Crippen LogP contribution in [-0.2, 0) is 0 Å². The number of ether oxygens (including phenoxy) is 1. The Hall–Kier alpha value is -1.39. The molecular formula is C15H17NO2S. The van der Waals surface area contributed by atoms with E-state index in [4.69, 9.17) is 4.74 Å². The molecule has 1 fully saturated rings. The normalized spacial score (nSPS) is 16.4. The SMILES string of the molecule is Cc1nc(C)c(C(O)c2cccc(OC3CC3)c2)s1. The number of rotatable bonds is 4. The molecule has 1 aliphatic rings. The molecule has 0 spiro atoms. The molecule has 4 heteroatoms. The summed E-state index contributed by atoms with van der Waals surface area (Å²) in [6, 6.07) is 7.73. The zero-order valence-electron chi connectivity index (χ0n) is 11.1. The summed E-state index contributed by atoms with van der Waals surface area (Å²) in [5.41, 5.74) is 1.77. The molecule has 1 aromatic heterocycles. The molecule has 19 heavy (non-hydrogen) atoms. The van der Waals surface area contributed by atoms with E-state index in [1.165, 1.54) is 0 Å². The summed E-state index contributed by atoms with van der Waals surface area (Å²) in [4.78, 5) is 5.28. The van der Waals surface area contributed by atoms with Gasteiger partial charge in [0.15, 0.2) is 0 Å². The smallest absolute Gasteiger partial charge is 0.120 e. The molecule has 3 nitrogen and oxygen atoms in total. The molecule has 1 N–H and O–H groups in total. The molecule has 0 bridgehead atoms. The quantitative estimate of drug-likeness (QED) is 0.930. The predicted molar refractivity (Wildman–Crippen MR) is 75.7 cm³/mol. The number of aliphatic hydroxyl groups is 1. The fourth-order valence-electron chi connectivity index (χ4n) is 2.09. The minimum atomic E-state index is -0.617. The first-order valence-corrected chi connectivity index (χ1v) is 7.34. The van der Waals surface area contributed by atoms with Crippen molar-refractivity contribution in [2.75, 3.05) is 0 Å². The van der Waals surface area contributed by atoms with Crippen LogP contribution >= 0.6 is 11.3 Å². The molecular weight excluding hydrogens is 258 g/mol. The van der Waals surface area contributed by atoms with Gasteiger partial charge in [-0.15, -0.1) is 11.3 Å². The minimum Gasteiger partial charge on any atom is -0.490 e. The fourth-order valence-corrected chi connectivity index (χ4v) is 3.03. The maximum Gasteiger partial charge on any atom is 0.120 e. The molecule has 1 saturated carbocycles. The third-order valence-electron chi connectivity index (χ3n) is 3.19. The lowest BCUT2D eigenvalue weighted by molar-refractivity contribution is 0.222. The van der Waals surface area contributed by atoms with Gasteiger partial charge in [0.2, 0.25) is 0 Å². The van der Waals surface area contributed by atoms with Crippen molar-refractivity contribution in [3.05, 3.63) is 45.4 Å². The minimum absolute atomic E-state index is 0.375. The Morgan fingerprint density at radius 3 is 2.79 bits per heavy atom. The molecule has 0 aliphatic heterocycles. The van der Waals surface area contributed by atoms with E-state index in [1.807, 2.05) is 38.1 Å². The highest BCUT2D eigenvalue weighted by Gasteiger charge is 2.24. The highest BCUT2D eigenvalue weighted by atomic mass is 32.1. The lowest BCUT2D eigenvalue weighted by atomic mass is 10.1. The van der Waals surface area contributed by atoms with Crippen molar-refractivity contribution in [2.24, 2.45) is 0 Å². The monoisotopic (exact) mass is 275 g/mol. The standard InChI is InChI=1S/C15H17NO2S/c1-9-15(19-10(2)16-9)14(17)11-4-3-5-13(8-11)18-12-6-7-12/h3-5,8,12,14,17H,6-7H2,1-2H3. The highest BCUT2D eigenvalue weighted by Crippen LogP contribution is 2.33. The molecule has 3 rings (SSSR count). The molecule has 1 aromatic carbocycles. The van der Waals surface area contributed by atoms with E-state index in [0.717, 1.165) is 39.7 Å². The van der Waals surface area contributed by atoms with Crippen LogP contribution in [0.5, 0.6) is 5.75 Å². The van der Waals surface area contributed by atoms with Gasteiger partial charge in [0.05, 0.1) is 21.7 Å². The summed E-state index contributed by atoms with van der Waals surface area (Å²) in [5.74, 6) is 0.845. The summed E-state index contributed by atoms with van der Waals surface area (Å²) < 4.78 is 5.76. The summed E-state index contributed by atoms with van der Waals surface area (Å²) in [6.45, 7) is 3.90. The number of aromatic nitrogens is 1. The second-order valence-corrected chi connectivity index (χ2v) is 6.21. The number of aryl methyl sites for hydroxylation is 2. The van der Waals surface area contributed by atoms with Gasteiger partial charge < -0.3 is 9.84 Å². The summed E-state index contributed by atoms with van der Waals surface area (Å²) in [6.07, 6.45) is 2.04. The first-order valence-electron chi connectivity index (χ1n) is 6.52. The number of aliphatic hydroxyl groups excluding tert-OH is 1. The summed E-state index contributed by atoms with van der Waals surface area (Å²) >= 11 is 1.55. The van der Waals surface area contributed by atoms with Crippen LogP contribution in [0.4, 0.5) is 0 Å². The second-order valence-electron chi connectivity index (χ2n) is 4.97. The average molecular weight is 275 g/mol. The number of benzene rings is 1. The Morgan fingerprint density at radius 2 is 2.16 bits per heavy atom. The van der Waals surface area contributed by atoms with E-state index in [9.17, 15) is 5.11 Å². The van der Waals surface area contributed by atoms with E-state index in [1.54, 1.807) is 11.3 Å². The average Bonchev–Trinajstić information content (AvgIpc) is 3.13. The van der Waals surface area contributed by atoms with Crippen LogP contribution in [0.1, 0.15) is 40.1 Å². The zero-order valence-corrected chi connectivity index (χ0v) is 11.9. The van der Waals surface area contributed by atoms with Gasteiger partial charge in [-0.05, 0) is 44.4 Å². The van der Waals surface area contributed by atoms with Gasteiger partial charge in [-0.25, -0.2) is 4.98 Å². The van der Waals surface area contributed by atoms with Crippen LogP contribution < -0.4 is 4.74 Å². The predicted octanol–water partition coefficient (Wildman–Crippen LogP) is 3.38. The Labute approximate surface area is 116 Å². The van der Waals surface area contributed by atoms with Crippen LogP contribution in [0, 0.1) is 13.8 Å². The Balaban J connectivity index is 1.85. The molecule has 0 radical (unpaired) electrons. The van der Waals surface area contributed by atoms with Crippen LogP contribution in [0.2, 0.25) is 0 Å². The van der Waals surface area contributed by atoms with Gasteiger partial charge in [-0.2, -0.15) is 0 Å². The molecule has 1 unspecified atom stereocenters. The van der Waals surface area contributed by atoms with Gasteiger partial charge in [-0.3, -0.25) is 0 Å². The zero-order chi connectivity index (χ0) is 13.4. The molecule has 2 aromatic rings. The molecule has 0 amide bonds. The van der Waals surface area contributed by atoms with Crippen LogP contribution in [0.15, 0.2) is 24.3 Å². The first kappa shape index (κ1) is 12.6. The van der Waals surface area contributed by atoms with Crippen molar-refractivity contribution >= 4 is 11.3 Å². The summed E-state index contributed by atoms with van der Waals surface area (Å²) in [7, 11) is 0.